The number of rotatable bonds is 4. The Balaban J connectivity index is 0.00000162. The molecule has 0 radical (unpaired) electrons. The van der Waals surface area contributed by atoms with Crippen LogP contribution in [0.5, 0.6) is 11.5 Å². The molecule has 2 rings (SSSR count). The number of hydrogen-bond donors (Lipinski definition) is 2. The number of ether oxygens (including phenoxy) is 1. The van der Waals surface area contributed by atoms with Crippen molar-refractivity contribution in [1.82, 2.24) is 0 Å². The summed E-state index contributed by atoms with van der Waals surface area (Å²) < 4.78 is 5.64. The second kappa shape index (κ2) is 7.01. The van der Waals surface area contributed by atoms with Gasteiger partial charge in [0.25, 0.3) is 0 Å². The molecule has 3 N–H and O–H groups in total. The molecule has 0 amide bonds. The molecule has 0 aliphatic rings. The van der Waals surface area contributed by atoms with Crippen molar-refractivity contribution in [2.75, 3.05) is 6.61 Å². The number of aliphatic hydroxyl groups is 1. The van der Waals surface area contributed by atoms with Crippen LogP contribution in [0, 0.1) is 0 Å². The average Bonchev–Trinajstić information content (AvgIpc) is 2.40. The van der Waals surface area contributed by atoms with Crippen LogP contribution in [0.1, 0.15) is 11.6 Å². The van der Waals surface area contributed by atoms with Crippen molar-refractivity contribution in [1.29, 1.82) is 0 Å². The summed E-state index contributed by atoms with van der Waals surface area (Å²) in [5.41, 5.74) is 6.60. The van der Waals surface area contributed by atoms with Crippen LogP contribution < -0.4 is 10.5 Å². The third-order valence-corrected chi connectivity index (χ3v) is 2.48. The monoisotopic (exact) mass is 265 g/mol. The van der Waals surface area contributed by atoms with E-state index in [1.54, 1.807) is 0 Å². The second-order valence-corrected chi connectivity index (χ2v) is 3.77. The molecule has 96 valence electrons. The Labute approximate surface area is 113 Å². The van der Waals surface area contributed by atoms with E-state index in [1.165, 1.54) is 0 Å². The van der Waals surface area contributed by atoms with E-state index in [0.29, 0.717) is 0 Å². The molecule has 2 aromatic carbocycles. The Bertz CT molecular complexity index is 459. The molecule has 0 heterocycles. The first-order valence-electron chi connectivity index (χ1n) is 5.49. The third kappa shape index (κ3) is 3.74. The summed E-state index contributed by atoms with van der Waals surface area (Å²) in [5, 5.41) is 8.94. The van der Waals surface area contributed by atoms with E-state index in [2.05, 4.69) is 0 Å². The summed E-state index contributed by atoms with van der Waals surface area (Å²) in [4.78, 5) is 0. The normalized spacial score (nSPS) is 11.4. The van der Waals surface area contributed by atoms with Crippen LogP contribution >= 0.6 is 12.4 Å². The summed E-state index contributed by atoms with van der Waals surface area (Å²) in [6, 6.07) is 16.7. The van der Waals surface area contributed by atoms with Crippen molar-refractivity contribution in [3.63, 3.8) is 0 Å². The molecule has 4 heteroatoms. The zero-order valence-electron chi connectivity index (χ0n) is 9.82. The second-order valence-electron chi connectivity index (χ2n) is 3.77. The fourth-order valence-electron chi connectivity index (χ4n) is 1.51. The number of halogens is 1. The fourth-order valence-corrected chi connectivity index (χ4v) is 1.51. The lowest BCUT2D eigenvalue weighted by Crippen LogP contribution is -2.14. The number of aliphatic hydroxyl groups excluding tert-OH is 1. The first-order chi connectivity index (χ1) is 8.29. The molecule has 18 heavy (non-hydrogen) atoms. The molecule has 0 aliphatic heterocycles. The Morgan fingerprint density at radius 3 is 2.06 bits per heavy atom. The van der Waals surface area contributed by atoms with Gasteiger partial charge in [-0.15, -0.1) is 12.4 Å². The summed E-state index contributed by atoms with van der Waals surface area (Å²) >= 11 is 0. The van der Waals surface area contributed by atoms with Crippen molar-refractivity contribution < 1.29 is 9.84 Å². The van der Waals surface area contributed by atoms with Crippen LogP contribution in [0.25, 0.3) is 0 Å². The van der Waals surface area contributed by atoms with Crippen molar-refractivity contribution >= 4 is 12.4 Å². The molecular formula is C14H16ClNO2. The highest BCUT2D eigenvalue weighted by molar-refractivity contribution is 5.85. The highest BCUT2D eigenvalue weighted by Gasteiger charge is 2.04. The van der Waals surface area contributed by atoms with Crippen LogP contribution in [0.3, 0.4) is 0 Å². The summed E-state index contributed by atoms with van der Waals surface area (Å²) in [6.07, 6.45) is 0. The van der Waals surface area contributed by atoms with Crippen LogP contribution in [0.2, 0.25) is 0 Å². The van der Waals surface area contributed by atoms with E-state index < -0.39 is 0 Å². The molecule has 0 aliphatic carbocycles. The largest absolute Gasteiger partial charge is 0.457 e. The highest BCUT2D eigenvalue weighted by Crippen LogP contribution is 2.22. The minimum Gasteiger partial charge on any atom is -0.457 e. The SMILES string of the molecule is Cl.N[C@@H](CO)c1ccc(Oc2ccccc2)cc1. The van der Waals surface area contributed by atoms with Crippen molar-refractivity contribution in [2.24, 2.45) is 5.73 Å². The lowest BCUT2D eigenvalue weighted by atomic mass is 10.1. The Morgan fingerprint density at radius 1 is 0.944 bits per heavy atom. The first-order valence-corrected chi connectivity index (χ1v) is 5.49. The van der Waals surface area contributed by atoms with E-state index in [-0.39, 0.29) is 25.1 Å². The summed E-state index contributed by atoms with van der Waals surface area (Å²) in [6.45, 7) is -0.0567. The minimum atomic E-state index is -0.333. The molecule has 0 fully saturated rings. The molecular weight excluding hydrogens is 250 g/mol. The van der Waals surface area contributed by atoms with Gasteiger partial charge >= 0.3 is 0 Å². The van der Waals surface area contributed by atoms with Crippen molar-refractivity contribution in [3.05, 3.63) is 60.2 Å². The van der Waals surface area contributed by atoms with E-state index >= 15 is 0 Å². The van der Waals surface area contributed by atoms with E-state index in [1.807, 2.05) is 54.6 Å². The van der Waals surface area contributed by atoms with E-state index in [4.69, 9.17) is 15.6 Å². The van der Waals surface area contributed by atoms with Gasteiger partial charge in [-0.25, -0.2) is 0 Å². The van der Waals surface area contributed by atoms with Gasteiger partial charge in [-0.05, 0) is 29.8 Å². The quantitative estimate of drug-likeness (QED) is 0.894. The zero-order valence-corrected chi connectivity index (χ0v) is 10.6. The third-order valence-electron chi connectivity index (χ3n) is 2.48. The number of benzene rings is 2. The van der Waals surface area contributed by atoms with Gasteiger partial charge in [-0.3, -0.25) is 0 Å². The smallest absolute Gasteiger partial charge is 0.127 e. The zero-order chi connectivity index (χ0) is 12.1. The first kappa shape index (κ1) is 14.5. The molecule has 0 saturated carbocycles. The Hall–Kier alpha value is -1.55. The van der Waals surface area contributed by atoms with E-state index in [0.717, 1.165) is 17.1 Å². The van der Waals surface area contributed by atoms with Crippen LogP contribution in [-0.4, -0.2) is 11.7 Å². The summed E-state index contributed by atoms with van der Waals surface area (Å²) in [7, 11) is 0. The van der Waals surface area contributed by atoms with Crippen LogP contribution in [-0.2, 0) is 0 Å². The molecule has 0 unspecified atom stereocenters. The molecule has 2 aromatic rings. The molecule has 1 atom stereocenters. The predicted octanol–water partition coefficient (Wildman–Crippen LogP) is 2.89. The van der Waals surface area contributed by atoms with Gasteiger partial charge in [0.2, 0.25) is 0 Å². The molecule has 0 bridgehead atoms. The lowest BCUT2D eigenvalue weighted by Gasteiger charge is -2.10. The van der Waals surface area contributed by atoms with Crippen molar-refractivity contribution in [2.45, 2.75) is 6.04 Å². The van der Waals surface area contributed by atoms with Gasteiger partial charge in [0, 0.05) is 0 Å². The van der Waals surface area contributed by atoms with Gasteiger partial charge < -0.3 is 15.6 Å². The fraction of sp³-hybridized carbons (Fsp3) is 0.143. The average molecular weight is 266 g/mol. The van der Waals surface area contributed by atoms with Crippen molar-refractivity contribution in [3.8, 4) is 11.5 Å². The minimum absolute atomic E-state index is 0. The van der Waals surface area contributed by atoms with Crippen LogP contribution in [0.15, 0.2) is 54.6 Å². The Kier molecular flexibility index (Phi) is 5.65. The van der Waals surface area contributed by atoms with Crippen LogP contribution in [0.4, 0.5) is 0 Å². The maximum absolute atomic E-state index is 8.94. The van der Waals surface area contributed by atoms with Gasteiger partial charge in [0.1, 0.15) is 11.5 Å². The van der Waals surface area contributed by atoms with Gasteiger partial charge in [0.05, 0.1) is 12.6 Å². The topological polar surface area (TPSA) is 55.5 Å². The maximum atomic E-state index is 8.94. The molecule has 3 nitrogen and oxygen atoms in total. The predicted molar refractivity (Wildman–Crippen MR) is 74.2 cm³/mol. The van der Waals surface area contributed by atoms with Gasteiger partial charge in [0.15, 0.2) is 0 Å². The molecule has 0 saturated heterocycles. The van der Waals surface area contributed by atoms with Gasteiger partial charge in [-0.1, -0.05) is 30.3 Å². The Morgan fingerprint density at radius 2 is 1.50 bits per heavy atom. The number of nitrogens with two attached hydrogens (primary N) is 1. The summed E-state index contributed by atoms with van der Waals surface area (Å²) in [5.74, 6) is 1.55. The van der Waals surface area contributed by atoms with Gasteiger partial charge in [-0.2, -0.15) is 0 Å². The standard InChI is InChI=1S/C14H15NO2.ClH/c15-14(10-16)11-6-8-13(9-7-11)17-12-4-2-1-3-5-12;/h1-9,14,16H,10,15H2;1H/t14-;/m0./s1. The maximum Gasteiger partial charge on any atom is 0.127 e. The number of para-hydroxylation sites is 1. The molecule has 0 spiro atoms. The highest BCUT2D eigenvalue weighted by atomic mass is 35.5. The lowest BCUT2D eigenvalue weighted by molar-refractivity contribution is 0.268. The van der Waals surface area contributed by atoms with E-state index in [9.17, 15) is 0 Å². The molecule has 0 aromatic heterocycles. The number of hydrogen-bond acceptors (Lipinski definition) is 3.